The molecule has 1 amide bonds. The Hall–Kier alpha value is -0.870. The minimum Gasteiger partial charge on any atom is -0.333 e. The minimum atomic E-state index is -0.114. The number of carbonyl (C=O) groups is 1. The largest absolute Gasteiger partial charge is 0.333 e. The van der Waals surface area contributed by atoms with E-state index >= 15 is 0 Å². The number of likely N-dealkylation sites (tertiary alicyclic amines) is 1. The van der Waals surface area contributed by atoms with Gasteiger partial charge >= 0.3 is 0 Å². The number of rotatable bonds is 1. The number of hydrogen-bond donors (Lipinski definition) is 0. The van der Waals surface area contributed by atoms with Gasteiger partial charge in [0.15, 0.2) is 10.3 Å². The highest BCUT2D eigenvalue weighted by Gasteiger charge is 2.31. The van der Waals surface area contributed by atoms with E-state index in [2.05, 4.69) is 24.0 Å². The molecular formula is C12H15Cl2N3O. The van der Waals surface area contributed by atoms with E-state index in [1.165, 1.54) is 6.07 Å². The second kappa shape index (κ2) is 5.41. The Morgan fingerprint density at radius 3 is 2.50 bits per heavy atom. The molecule has 0 N–H and O–H groups in total. The average Bonchev–Trinajstić information content (AvgIpc) is 2.32. The Kier molecular flexibility index (Phi) is 4.07. The molecule has 1 aromatic heterocycles. The Labute approximate surface area is 116 Å². The average molecular weight is 288 g/mol. The summed E-state index contributed by atoms with van der Waals surface area (Å²) in [6, 6.07) is 1.90. The summed E-state index contributed by atoms with van der Waals surface area (Å²) in [6.45, 7) is 4.11. The minimum absolute atomic E-state index is 0.106. The molecule has 2 rings (SSSR count). The van der Waals surface area contributed by atoms with Gasteiger partial charge in [0, 0.05) is 12.1 Å². The SMILES string of the molecule is C[C@@H]1CCC[C@H](C)N1C(=O)c1cc(Cl)nnc1Cl. The van der Waals surface area contributed by atoms with Crippen molar-refractivity contribution in [3.63, 3.8) is 0 Å². The molecule has 98 valence electrons. The third-order valence-corrected chi connectivity index (χ3v) is 3.84. The fourth-order valence-electron chi connectivity index (χ4n) is 2.46. The van der Waals surface area contributed by atoms with Crippen LogP contribution in [0.15, 0.2) is 6.07 Å². The molecule has 1 fully saturated rings. The number of halogens is 2. The van der Waals surface area contributed by atoms with Crippen LogP contribution in [0.2, 0.25) is 10.3 Å². The first-order valence-corrected chi connectivity index (χ1v) is 6.77. The fraction of sp³-hybridized carbons (Fsp3) is 0.583. The molecule has 0 radical (unpaired) electrons. The van der Waals surface area contributed by atoms with Crippen molar-refractivity contribution in [1.82, 2.24) is 15.1 Å². The van der Waals surface area contributed by atoms with E-state index in [-0.39, 0.29) is 28.3 Å². The van der Waals surface area contributed by atoms with Crippen molar-refractivity contribution < 1.29 is 4.79 Å². The van der Waals surface area contributed by atoms with Gasteiger partial charge in [-0.3, -0.25) is 4.79 Å². The van der Waals surface area contributed by atoms with Crippen LogP contribution in [0.1, 0.15) is 43.5 Å². The first kappa shape index (κ1) is 13.6. The van der Waals surface area contributed by atoms with E-state index in [0.717, 1.165) is 19.3 Å². The topological polar surface area (TPSA) is 46.1 Å². The Morgan fingerprint density at radius 2 is 1.89 bits per heavy atom. The van der Waals surface area contributed by atoms with E-state index in [9.17, 15) is 4.79 Å². The summed E-state index contributed by atoms with van der Waals surface area (Å²) in [5.41, 5.74) is 0.331. The number of hydrogen-bond acceptors (Lipinski definition) is 3. The van der Waals surface area contributed by atoms with E-state index in [0.29, 0.717) is 5.56 Å². The van der Waals surface area contributed by atoms with Crippen LogP contribution >= 0.6 is 23.2 Å². The summed E-state index contributed by atoms with van der Waals surface area (Å²) in [5, 5.41) is 7.58. The Balaban J connectivity index is 2.32. The van der Waals surface area contributed by atoms with E-state index in [1.54, 1.807) is 0 Å². The molecule has 18 heavy (non-hydrogen) atoms. The van der Waals surface area contributed by atoms with Crippen molar-refractivity contribution in [2.45, 2.75) is 45.2 Å². The number of carbonyl (C=O) groups excluding carboxylic acids is 1. The molecule has 0 saturated carbocycles. The quantitative estimate of drug-likeness (QED) is 0.797. The van der Waals surface area contributed by atoms with Gasteiger partial charge in [0.2, 0.25) is 0 Å². The van der Waals surface area contributed by atoms with Crippen LogP contribution in [0.5, 0.6) is 0 Å². The Bertz CT molecular complexity index is 457. The monoisotopic (exact) mass is 287 g/mol. The first-order chi connectivity index (χ1) is 8.50. The number of piperidine rings is 1. The number of amides is 1. The predicted octanol–water partition coefficient (Wildman–Crippen LogP) is 3.19. The van der Waals surface area contributed by atoms with Crippen molar-refractivity contribution >= 4 is 29.1 Å². The van der Waals surface area contributed by atoms with Crippen LogP contribution in [0.3, 0.4) is 0 Å². The van der Waals surface area contributed by atoms with E-state index in [1.807, 2.05) is 4.90 Å². The highest BCUT2D eigenvalue weighted by molar-refractivity contribution is 6.34. The molecule has 0 spiro atoms. The summed E-state index contributed by atoms with van der Waals surface area (Å²) in [5.74, 6) is -0.114. The molecule has 6 heteroatoms. The smallest absolute Gasteiger partial charge is 0.257 e. The summed E-state index contributed by atoms with van der Waals surface area (Å²) in [4.78, 5) is 14.4. The molecule has 1 saturated heterocycles. The zero-order chi connectivity index (χ0) is 13.3. The molecule has 0 aromatic carbocycles. The lowest BCUT2D eigenvalue weighted by atomic mass is 9.96. The van der Waals surface area contributed by atoms with Crippen LogP contribution < -0.4 is 0 Å². The molecule has 2 atom stereocenters. The van der Waals surface area contributed by atoms with Crippen LogP contribution in [0.25, 0.3) is 0 Å². The van der Waals surface area contributed by atoms with E-state index in [4.69, 9.17) is 23.2 Å². The maximum atomic E-state index is 12.5. The third kappa shape index (κ3) is 2.59. The van der Waals surface area contributed by atoms with Gasteiger partial charge in [0.05, 0.1) is 5.56 Å². The molecule has 0 unspecified atom stereocenters. The first-order valence-electron chi connectivity index (χ1n) is 6.02. The molecule has 1 aromatic rings. The maximum Gasteiger partial charge on any atom is 0.257 e. The van der Waals surface area contributed by atoms with Gasteiger partial charge in [0.1, 0.15) is 0 Å². The highest BCUT2D eigenvalue weighted by Crippen LogP contribution is 2.26. The van der Waals surface area contributed by atoms with Crippen molar-refractivity contribution in [1.29, 1.82) is 0 Å². The lowest BCUT2D eigenvalue weighted by molar-refractivity contribution is 0.0510. The number of nitrogens with zero attached hydrogens (tertiary/aromatic N) is 3. The summed E-state index contributed by atoms with van der Waals surface area (Å²) in [7, 11) is 0. The van der Waals surface area contributed by atoms with Crippen molar-refractivity contribution in [3.05, 3.63) is 21.9 Å². The molecule has 1 aliphatic rings. The van der Waals surface area contributed by atoms with Crippen molar-refractivity contribution in [3.8, 4) is 0 Å². The number of aromatic nitrogens is 2. The van der Waals surface area contributed by atoms with Crippen molar-refractivity contribution in [2.24, 2.45) is 0 Å². The van der Waals surface area contributed by atoms with Crippen LogP contribution in [-0.4, -0.2) is 33.1 Å². The lowest BCUT2D eigenvalue weighted by Gasteiger charge is -2.39. The molecule has 0 bridgehead atoms. The third-order valence-electron chi connectivity index (χ3n) is 3.38. The van der Waals surface area contributed by atoms with Crippen LogP contribution in [0, 0.1) is 0 Å². The lowest BCUT2D eigenvalue weighted by Crippen LogP contribution is -2.47. The molecule has 1 aliphatic heterocycles. The fourth-order valence-corrected chi connectivity index (χ4v) is 2.78. The second-order valence-electron chi connectivity index (χ2n) is 4.71. The van der Waals surface area contributed by atoms with Gasteiger partial charge in [0.25, 0.3) is 5.91 Å². The summed E-state index contributed by atoms with van der Waals surface area (Å²) in [6.07, 6.45) is 3.18. The van der Waals surface area contributed by atoms with Gasteiger partial charge in [-0.2, -0.15) is 0 Å². The molecule has 0 aliphatic carbocycles. The second-order valence-corrected chi connectivity index (χ2v) is 5.46. The van der Waals surface area contributed by atoms with Crippen LogP contribution in [-0.2, 0) is 0 Å². The molecular weight excluding hydrogens is 273 g/mol. The zero-order valence-electron chi connectivity index (χ0n) is 10.4. The highest BCUT2D eigenvalue weighted by atomic mass is 35.5. The standard InChI is InChI=1S/C12H15Cl2N3O/c1-7-4-3-5-8(2)17(7)12(18)9-6-10(13)15-16-11(9)14/h6-8H,3-5H2,1-2H3/t7-,8+. The van der Waals surface area contributed by atoms with Gasteiger partial charge in [-0.15, -0.1) is 10.2 Å². The van der Waals surface area contributed by atoms with Crippen LogP contribution in [0.4, 0.5) is 0 Å². The summed E-state index contributed by atoms with van der Waals surface area (Å²) < 4.78 is 0. The normalized spacial score (nSPS) is 24.1. The zero-order valence-corrected chi connectivity index (χ0v) is 11.9. The van der Waals surface area contributed by atoms with E-state index < -0.39 is 0 Å². The summed E-state index contributed by atoms with van der Waals surface area (Å²) >= 11 is 11.7. The van der Waals surface area contributed by atoms with Gasteiger partial charge < -0.3 is 4.90 Å². The van der Waals surface area contributed by atoms with Gasteiger partial charge in [-0.05, 0) is 39.2 Å². The van der Waals surface area contributed by atoms with Crippen molar-refractivity contribution in [2.75, 3.05) is 0 Å². The molecule has 2 heterocycles. The predicted molar refractivity (Wildman–Crippen MR) is 71.0 cm³/mol. The van der Waals surface area contributed by atoms with Gasteiger partial charge in [-0.1, -0.05) is 23.2 Å². The Morgan fingerprint density at radius 1 is 1.28 bits per heavy atom. The van der Waals surface area contributed by atoms with Gasteiger partial charge in [-0.25, -0.2) is 0 Å². The maximum absolute atomic E-state index is 12.5. The molecule has 4 nitrogen and oxygen atoms in total.